The number of benzene rings is 1. The molecule has 0 aliphatic carbocycles. The zero-order valence-corrected chi connectivity index (χ0v) is 13.0. The Morgan fingerprint density at radius 3 is 2.81 bits per heavy atom. The molecule has 1 unspecified atom stereocenters. The summed E-state index contributed by atoms with van der Waals surface area (Å²) in [6, 6.07) is 6.98. The Hall–Kier alpha value is -2.08. The first kappa shape index (κ1) is 15.3. The Morgan fingerprint density at radius 1 is 1.43 bits per heavy atom. The number of carbonyl (C=O) groups is 1. The fourth-order valence-electron chi connectivity index (χ4n) is 1.78. The molecule has 0 aliphatic heterocycles. The van der Waals surface area contributed by atoms with Gasteiger partial charge in [0, 0.05) is 16.6 Å². The van der Waals surface area contributed by atoms with Crippen molar-refractivity contribution in [3.63, 3.8) is 0 Å². The first-order valence-electron chi connectivity index (χ1n) is 6.46. The number of aryl methyl sites for hydroxylation is 1. The zero-order valence-electron chi connectivity index (χ0n) is 12.2. The van der Waals surface area contributed by atoms with Gasteiger partial charge in [0.2, 0.25) is 5.91 Å². The van der Waals surface area contributed by atoms with Gasteiger partial charge < -0.3 is 20.2 Å². The highest BCUT2D eigenvalue weighted by Gasteiger charge is 2.18. The van der Waals surface area contributed by atoms with Gasteiger partial charge in [-0.2, -0.15) is 0 Å². The number of rotatable bonds is 5. The van der Waals surface area contributed by atoms with E-state index in [0.29, 0.717) is 17.1 Å². The van der Waals surface area contributed by atoms with Gasteiger partial charge in [-0.05, 0) is 32.0 Å². The highest BCUT2D eigenvalue weighted by molar-refractivity contribution is 8.00. The molecule has 2 aromatic rings. The van der Waals surface area contributed by atoms with E-state index in [9.17, 15) is 4.79 Å². The van der Waals surface area contributed by atoms with Crippen LogP contribution >= 0.6 is 11.8 Å². The summed E-state index contributed by atoms with van der Waals surface area (Å²) >= 11 is 1.45. The fraction of sp³-hybridized carbons (Fsp3) is 0.267. The van der Waals surface area contributed by atoms with E-state index in [1.807, 2.05) is 19.9 Å². The number of nitrogen functional groups attached to an aromatic ring is 1. The molecule has 1 aromatic carbocycles. The van der Waals surface area contributed by atoms with Crippen LogP contribution in [0.3, 0.4) is 0 Å². The number of anilines is 2. The monoisotopic (exact) mass is 306 g/mol. The molecule has 21 heavy (non-hydrogen) atoms. The molecule has 1 atom stereocenters. The Bertz CT molecular complexity index is 640. The highest BCUT2D eigenvalue weighted by atomic mass is 32.2. The zero-order chi connectivity index (χ0) is 15.4. The average molecular weight is 306 g/mol. The van der Waals surface area contributed by atoms with Crippen LogP contribution in [0.4, 0.5) is 11.4 Å². The van der Waals surface area contributed by atoms with Gasteiger partial charge in [0.25, 0.3) is 0 Å². The number of hydrogen-bond acceptors (Lipinski definition) is 5. The second-order valence-electron chi connectivity index (χ2n) is 4.55. The molecule has 0 saturated carbocycles. The van der Waals surface area contributed by atoms with Crippen LogP contribution in [0.15, 0.2) is 39.8 Å². The number of hydrogen-bond donors (Lipinski definition) is 2. The van der Waals surface area contributed by atoms with Gasteiger partial charge in [0.15, 0.2) is 0 Å². The molecule has 1 heterocycles. The minimum absolute atomic E-state index is 0.108. The van der Waals surface area contributed by atoms with E-state index in [2.05, 4.69) is 5.32 Å². The maximum atomic E-state index is 12.3. The molecule has 0 saturated heterocycles. The van der Waals surface area contributed by atoms with Crippen LogP contribution < -0.4 is 15.8 Å². The predicted molar refractivity (Wildman–Crippen MR) is 84.8 cm³/mol. The highest BCUT2D eigenvalue weighted by Crippen LogP contribution is 2.30. The van der Waals surface area contributed by atoms with E-state index in [0.717, 1.165) is 10.7 Å². The molecular formula is C15H18N2O3S. The summed E-state index contributed by atoms with van der Waals surface area (Å²) in [7, 11) is 1.54. The largest absolute Gasteiger partial charge is 0.494 e. The molecule has 1 aromatic heterocycles. The number of carbonyl (C=O) groups excluding carboxylic acids is 1. The van der Waals surface area contributed by atoms with E-state index >= 15 is 0 Å². The molecule has 1 amide bonds. The van der Waals surface area contributed by atoms with Crippen molar-refractivity contribution in [1.29, 1.82) is 0 Å². The second-order valence-corrected chi connectivity index (χ2v) is 5.93. The molecule has 0 bridgehead atoms. The Kier molecular flexibility index (Phi) is 4.80. The topological polar surface area (TPSA) is 77.5 Å². The van der Waals surface area contributed by atoms with Crippen molar-refractivity contribution < 1.29 is 13.9 Å². The maximum Gasteiger partial charge on any atom is 0.237 e. The number of ether oxygens (including phenoxy) is 1. The van der Waals surface area contributed by atoms with Crippen LogP contribution in [-0.4, -0.2) is 18.3 Å². The lowest BCUT2D eigenvalue weighted by atomic mass is 10.2. The molecule has 0 spiro atoms. The average Bonchev–Trinajstić information content (AvgIpc) is 2.86. The second kappa shape index (κ2) is 6.58. The van der Waals surface area contributed by atoms with Crippen molar-refractivity contribution in [1.82, 2.24) is 0 Å². The van der Waals surface area contributed by atoms with Gasteiger partial charge in [-0.15, -0.1) is 11.8 Å². The summed E-state index contributed by atoms with van der Waals surface area (Å²) in [6.07, 6.45) is 1.62. The van der Waals surface area contributed by atoms with E-state index in [4.69, 9.17) is 14.9 Å². The molecule has 0 fully saturated rings. The molecule has 0 radical (unpaired) electrons. The van der Waals surface area contributed by atoms with E-state index in [-0.39, 0.29) is 11.2 Å². The SMILES string of the molecule is COc1cc(N)ccc1NC(=O)C(C)Sc1ccoc1C. The van der Waals surface area contributed by atoms with Crippen molar-refractivity contribution in [2.75, 3.05) is 18.2 Å². The van der Waals surface area contributed by atoms with Crippen molar-refractivity contribution >= 4 is 29.0 Å². The summed E-state index contributed by atoms with van der Waals surface area (Å²) < 4.78 is 10.4. The lowest BCUT2D eigenvalue weighted by molar-refractivity contribution is -0.115. The summed E-state index contributed by atoms with van der Waals surface area (Å²) in [6.45, 7) is 3.71. The normalized spacial score (nSPS) is 12.0. The third-order valence-corrected chi connectivity index (χ3v) is 4.21. The summed E-state index contributed by atoms with van der Waals surface area (Å²) in [5.74, 6) is 1.24. The minimum Gasteiger partial charge on any atom is -0.494 e. The van der Waals surface area contributed by atoms with Crippen LogP contribution in [0.5, 0.6) is 5.75 Å². The molecule has 0 aliphatic rings. The van der Waals surface area contributed by atoms with E-state index < -0.39 is 0 Å². The number of methoxy groups -OCH3 is 1. The number of thioether (sulfide) groups is 1. The maximum absolute atomic E-state index is 12.3. The number of furan rings is 1. The molecule has 6 heteroatoms. The van der Waals surface area contributed by atoms with Crippen LogP contribution in [-0.2, 0) is 4.79 Å². The van der Waals surface area contributed by atoms with Gasteiger partial charge in [-0.25, -0.2) is 0 Å². The molecule has 2 rings (SSSR count). The van der Waals surface area contributed by atoms with E-state index in [1.165, 1.54) is 18.9 Å². The van der Waals surface area contributed by atoms with Crippen LogP contribution in [0, 0.1) is 6.92 Å². The van der Waals surface area contributed by atoms with Gasteiger partial charge in [-0.1, -0.05) is 0 Å². The summed E-state index contributed by atoms with van der Waals surface area (Å²) in [5.41, 5.74) is 6.88. The first-order valence-corrected chi connectivity index (χ1v) is 7.34. The van der Waals surface area contributed by atoms with E-state index in [1.54, 1.807) is 24.5 Å². The van der Waals surface area contributed by atoms with Gasteiger partial charge in [0.1, 0.15) is 11.5 Å². The minimum atomic E-state index is -0.261. The summed E-state index contributed by atoms with van der Waals surface area (Å²) in [4.78, 5) is 13.2. The first-order chi connectivity index (χ1) is 10.0. The number of nitrogens with two attached hydrogens (primary N) is 1. The third-order valence-electron chi connectivity index (χ3n) is 2.97. The van der Waals surface area contributed by atoms with Gasteiger partial charge in [0.05, 0.1) is 24.3 Å². The Morgan fingerprint density at radius 2 is 2.19 bits per heavy atom. The standard InChI is InChI=1S/C15H18N2O3S/c1-9-14(6-7-20-9)21-10(2)15(18)17-12-5-4-11(16)8-13(12)19-3/h4-8,10H,16H2,1-3H3,(H,17,18). The molecule has 3 N–H and O–H groups in total. The molecule has 5 nitrogen and oxygen atoms in total. The van der Waals surface area contributed by atoms with Crippen molar-refractivity contribution in [2.45, 2.75) is 24.0 Å². The van der Waals surface area contributed by atoms with Crippen LogP contribution in [0.25, 0.3) is 0 Å². The lowest BCUT2D eigenvalue weighted by Gasteiger charge is -2.14. The van der Waals surface area contributed by atoms with Crippen molar-refractivity contribution in [2.24, 2.45) is 0 Å². The Balaban J connectivity index is 2.05. The van der Waals surface area contributed by atoms with Gasteiger partial charge in [-0.3, -0.25) is 4.79 Å². The number of nitrogens with one attached hydrogen (secondary N) is 1. The quantitative estimate of drug-likeness (QED) is 0.654. The van der Waals surface area contributed by atoms with Crippen LogP contribution in [0.2, 0.25) is 0 Å². The predicted octanol–water partition coefficient (Wildman–Crippen LogP) is 3.30. The Labute approximate surface area is 127 Å². The molecular weight excluding hydrogens is 288 g/mol. The third kappa shape index (κ3) is 3.72. The smallest absolute Gasteiger partial charge is 0.237 e. The molecule has 112 valence electrons. The summed E-state index contributed by atoms with van der Waals surface area (Å²) in [5, 5.41) is 2.59. The van der Waals surface area contributed by atoms with Gasteiger partial charge >= 0.3 is 0 Å². The van der Waals surface area contributed by atoms with Crippen molar-refractivity contribution in [3.05, 3.63) is 36.3 Å². The number of amides is 1. The fourth-order valence-corrected chi connectivity index (χ4v) is 2.68. The van der Waals surface area contributed by atoms with Crippen molar-refractivity contribution in [3.8, 4) is 5.75 Å². The van der Waals surface area contributed by atoms with Crippen LogP contribution in [0.1, 0.15) is 12.7 Å². The lowest BCUT2D eigenvalue weighted by Crippen LogP contribution is -2.22.